The van der Waals surface area contributed by atoms with Gasteiger partial charge in [0.1, 0.15) is 13.2 Å². The zero-order chi connectivity index (χ0) is 57.1. The predicted molar refractivity (Wildman–Crippen MR) is 343 cm³/mol. The van der Waals surface area contributed by atoms with Crippen LogP contribution in [0, 0.1) is 0 Å². The summed E-state index contributed by atoms with van der Waals surface area (Å²) in [5.74, 6) is -1.07. The van der Waals surface area contributed by atoms with Gasteiger partial charge in [0.2, 0.25) is 0 Å². The van der Waals surface area contributed by atoms with Crippen LogP contribution in [0.25, 0.3) is 0 Å². The van der Waals surface area contributed by atoms with Crippen molar-refractivity contribution in [3.8, 4) is 0 Å². The van der Waals surface area contributed by atoms with E-state index in [1.165, 1.54) is 128 Å². The molecule has 0 aliphatic heterocycles. The summed E-state index contributed by atoms with van der Waals surface area (Å²) in [6, 6.07) is 0. The van der Waals surface area contributed by atoms with Crippen LogP contribution < -0.4 is 0 Å². The number of ether oxygens (including phenoxy) is 3. The van der Waals surface area contributed by atoms with Gasteiger partial charge >= 0.3 is 17.9 Å². The standard InChI is InChI=1S/C73H120O6/c1-4-7-10-13-16-19-22-25-28-30-32-34-35-36-37-39-40-42-45-48-51-54-57-60-63-66-72(75)78-69-70(68-77-71(74)65-62-59-56-53-50-47-44-27-24-21-18-15-12-9-6-3)79-73(76)67-64-61-58-55-52-49-46-43-41-38-33-31-29-26-23-20-17-14-11-8-5-2/h8-9,11-12,17-18,20-21,26-27,29-30,32-33,38,43-44,46,50,53,59,62,70H,4-7,10,13-16,19,22-25,28,31,34-37,39-42,45,47-49,51-52,54-58,60-61,63-69H2,1-3H3/b11-8-,12-9-,20-17-,21-18-,29-26-,32-30-,38-33-,44-27-,46-43-,53-50-,62-59-. The van der Waals surface area contributed by atoms with Crippen LogP contribution in [0.5, 0.6) is 0 Å². The van der Waals surface area contributed by atoms with Crippen LogP contribution in [-0.2, 0) is 28.6 Å². The Bertz CT molecular complexity index is 1680. The van der Waals surface area contributed by atoms with E-state index >= 15 is 0 Å². The molecule has 0 aromatic heterocycles. The van der Waals surface area contributed by atoms with Crippen molar-refractivity contribution in [2.75, 3.05) is 13.2 Å². The van der Waals surface area contributed by atoms with Gasteiger partial charge in [-0.1, -0.05) is 289 Å². The van der Waals surface area contributed by atoms with E-state index in [0.29, 0.717) is 6.42 Å². The van der Waals surface area contributed by atoms with E-state index in [4.69, 9.17) is 14.2 Å². The molecule has 0 heterocycles. The van der Waals surface area contributed by atoms with Crippen LogP contribution in [0.1, 0.15) is 290 Å². The smallest absolute Gasteiger partial charge is 0.309 e. The highest BCUT2D eigenvalue weighted by Crippen LogP contribution is 2.16. The monoisotopic (exact) mass is 1090 g/mol. The second kappa shape index (κ2) is 66.1. The van der Waals surface area contributed by atoms with Crippen LogP contribution in [0.3, 0.4) is 0 Å². The molecule has 0 bridgehead atoms. The molecule has 0 radical (unpaired) electrons. The Kier molecular flexibility index (Phi) is 62.3. The SMILES string of the molecule is CC/C=C\C/C=C\C/C=C\C/C=C\C/C=C\CCCCCCCC(=O)OC(COC(=O)C/C=C\C/C=C\C/C=C\C/C=C\C/C=C\CC)COC(=O)CCCCCCCCCCCCCCC/C=C\CCCCCCCCCC. The fraction of sp³-hybridized carbons (Fsp3) is 0.658. The highest BCUT2D eigenvalue weighted by Gasteiger charge is 2.19. The lowest BCUT2D eigenvalue weighted by Gasteiger charge is -2.18. The Labute approximate surface area is 487 Å². The predicted octanol–water partition coefficient (Wildman–Crippen LogP) is 22.5. The average molecular weight is 1090 g/mol. The van der Waals surface area contributed by atoms with E-state index in [-0.39, 0.29) is 38.0 Å². The molecule has 448 valence electrons. The summed E-state index contributed by atoms with van der Waals surface area (Å²) in [5, 5.41) is 0. The van der Waals surface area contributed by atoms with Gasteiger partial charge in [-0.25, -0.2) is 0 Å². The zero-order valence-corrected chi connectivity index (χ0v) is 51.3. The maximum Gasteiger partial charge on any atom is 0.309 e. The Balaban J connectivity index is 4.44. The molecule has 0 saturated carbocycles. The molecule has 0 aromatic rings. The first-order chi connectivity index (χ1) is 39.0. The normalized spacial score (nSPS) is 13.0. The number of unbranched alkanes of at least 4 members (excludes halogenated alkanes) is 26. The van der Waals surface area contributed by atoms with Crippen molar-refractivity contribution >= 4 is 17.9 Å². The second-order valence-corrected chi connectivity index (χ2v) is 21.3. The first-order valence-corrected chi connectivity index (χ1v) is 32.7. The lowest BCUT2D eigenvalue weighted by molar-refractivity contribution is -0.166. The first kappa shape index (κ1) is 74.5. The van der Waals surface area contributed by atoms with Gasteiger partial charge < -0.3 is 14.2 Å². The highest BCUT2D eigenvalue weighted by molar-refractivity contribution is 5.72. The minimum atomic E-state index is -0.835. The van der Waals surface area contributed by atoms with Gasteiger partial charge in [-0.2, -0.15) is 0 Å². The van der Waals surface area contributed by atoms with Crippen molar-refractivity contribution in [3.05, 3.63) is 134 Å². The molecule has 0 rings (SSSR count). The lowest BCUT2D eigenvalue weighted by Crippen LogP contribution is -2.30. The molecule has 0 aromatic carbocycles. The van der Waals surface area contributed by atoms with Gasteiger partial charge in [0.05, 0.1) is 6.42 Å². The van der Waals surface area contributed by atoms with Crippen LogP contribution in [-0.4, -0.2) is 37.2 Å². The molecule has 0 spiro atoms. The van der Waals surface area contributed by atoms with Gasteiger partial charge in [0.25, 0.3) is 0 Å². The molecule has 6 heteroatoms. The van der Waals surface area contributed by atoms with Crippen molar-refractivity contribution in [1.82, 2.24) is 0 Å². The summed E-state index contributed by atoms with van der Waals surface area (Å²) in [7, 11) is 0. The number of hydrogen-bond donors (Lipinski definition) is 0. The molecular formula is C73H120O6. The number of esters is 3. The third-order valence-electron chi connectivity index (χ3n) is 13.7. The van der Waals surface area contributed by atoms with Crippen LogP contribution in [0.4, 0.5) is 0 Å². The number of carbonyl (C=O) groups excluding carboxylic acids is 3. The molecule has 0 fully saturated rings. The van der Waals surface area contributed by atoms with E-state index in [9.17, 15) is 14.4 Å². The van der Waals surface area contributed by atoms with E-state index < -0.39 is 12.1 Å². The van der Waals surface area contributed by atoms with Crippen LogP contribution >= 0.6 is 0 Å². The molecular weight excluding hydrogens is 973 g/mol. The third-order valence-corrected chi connectivity index (χ3v) is 13.7. The van der Waals surface area contributed by atoms with Crippen molar-refractivity contribution in [3.63, 3.8) is 0 Å². The molecule has 1 atom stereocenters. The molecule has 0 N–H and O–H groups in total. The minimum Gasteiger partial charge on any atom is -0.462 e. The Morgan fingerprint density at radius 3 is 0.899 bits per heavy atom. The summed E-state index contributed by atoms with van der Waals surface area (Å²) in [6.07, 6.45) is 93.5. The van der Waals surface area contributed by atoms with E-state index in [0.717, 1.165) is 122 Å². The van der Waals surface area contributed by atoms with Crippen molar-refractivity contribution in [1.29, 1.82) is 0 Å². The summed E-state index contributed by atoms with van der Waals surface area (Å²) in [5.41, 5.74) is 0. The third kappa shape index (κ3) is 64.3. The van der Waals surface area contributed by atoms with Crippen LogP contribution in [0.2, 0.25) is 0 Å². The molecule has 0 amide bonds. The van der Waals surface area contributed by atoms with E-state index in [2.05, 4.69) is 142 Å². The molecule has 0 aliphatic rings. The maximum atomic E-state index is 12.9. The average Bonchev–Trinajstić information content (AvgIpc) is 3.45. The number of hydrogen-bond acceptors (Lipinski definition) is 6. The summed E-state index contributed by atoms with van der Waals surface area (Å²) in [4.78, 5) is 38.3. The molecule has 79 heavy (non-hydrogen) atoms. The van der Waals surface area contributed by atoms with Crippen molar-refractivity contribution in [2.45, 2.75) is 297 Å². The second-order valence-electron chi connectivity index (χ2n) is 21.3. The minimum absolute atomic E-state index is 0.118. The number of allylic oxidation sites excluding steroid dienone is 21. The molecule has 1 unspecified atom stereocenters. The maximum absolute atomic E-state index is 12.9. The summed E-state index contributed by atoms with van der Waals surface area (Å²) >= 11 is 0. The zero-order valence-electron chi connectivity index (χ0n) is 51.3. The molecule has 0 saturated heterocycles. The van der Waals surface area contributed by atoms with Crippen molar-refractivity contribution < 1.29 is 28.6 Å². The molecule has 6 nitrogen and oxygen atoms in total. The van der Waals surface area contributed by atoms with Gasteiger partial charge in [0, 0.05) is 12.8 Å². The van der Waals surface area contributed by atoms with Crippen LogP contribution in [0.15, 0.2) is 134 Å². The Hall–Kier alpha value is -4.45. The van der Waals surface area contributed by atoms with E-state index in [1.54, 1.807) is 6.08 Å². The number of rotatable bonds is 58. The lowest BCUT2D eigenvalue weighted by atomic mass is 10.0. The number of carbonyl (C=O) groups is 3. The van der Waals surface area contributed by atoms with Gasteiger partial charge in [-0.05, 0) is 116 Å². The summed E-state index contributed by atoms with van der Waals surface area (Å²) < 4.78 is 16.8. The van der Waals surface area contributed by atoms with Crippen molar-refractivity contribution in [2.24, 2.45) is 0 Å². The summed E-state index contributed by atoms with van der Waals surface area (Å²) in [6.45, 7) is 6.32. The Morgan fingerprint density at radius 2 is 0.544 bits per heavy atom. The van der Waals surface area contributed by atoms with Gasteiger partial charge in [0.15, 0.2) is 6.10 Å². The van der Waals surface area contributed by atoms with Gasteiger partial charge in [-0.15, -0.1) is 0 Å². The Morgan fingerprint density at radius 1 is 0.278 bits per heavy atom. The quantitative estimate of drug-likeness (QED) is 0.0261. The molecule has 0 aliphatic carbocycles. The first-order valence-electron chi connectivity index (χ1n) is 32.7. The highest BCUT2D eigenvalue weighted by atomic mass is 16.6. The van der Waals surface area contributed by atoms with Gasteiger partial charge in [-0.3, -0.25) is 14.4 Å². The topological polar surface area (TPSA) is 78.9 Å². The van der Waals surface area contributed by atoms with E-state index in [1.807, 2.05) is 6.08 Å². The fourth-order valence-electron chi connectivity index (χ4n) is 8.83. The fourth-order valence-corrected chi connectivity index (χ4v) is 8.83. The largest absolute Gasteiger partial charge is 0.462 e.